The second kappa shape index (κ2) is 17.1. The number of benzene rings is 4. The van der Waals surface area contributed by atoms with Crippen LogP contribution in [0.25, 0.3) is 11.0 Å². The fourth-order valence-corrected chi connectivity index (χ4v) is 12.3. The number of carbonyl (C=O) groups is 5. The summed E-state index contributed by atoms with van der Waals surface area (Å²) in [5.74, 6) is 3.30. The van der Waals surface area contributed by atoms with Gasteiger partial charge in [-0.2, -0.15) is 0 Å². The number of hydrogen-bond acceptors (Lipinski definition) is 7. The lowest BCUT2D eigenvalue weighted by molar-refractivity contribution is -0.135. The van der Waals surface area contributed by atoms with Crippen LogP contribution < -0.4 is 21.6 Å². The van der Waals surface area contributed by atoms with Crippen molar-refractivity contribution in [2.45, 2.75) is 86.7 Å². The quantitative estimate of drug-likeness (QED) is 0.124. The number of aryl methyl sites for hydroxylation is 1. The molecule has 5 aliphatic rings. The van der Waals surface area contributed by atoms with E-state index in [-0.39, 0.29) is 52.8 Å². The summed E-state index contributed by atoms with van der Waals surface area (Å²) in [7, 11) is 3.51. The number of amides is 5. The van der Waals surface area contributed by atoms with E-state index in [1.165, 1.54) is 15.2 Å². The van der Waals surface area contributed by atoms with E-state index in [9.17, 15) is 28.8 Å². The number of nitrogens with one attached hydrogen (secondary N) is 3. The van der Waals surface area contributed by atoms with E-state index in [4.69, 9.17) is 23.2 Å². The van der Waals surface area contributed by atoms with E-state index < -0.39 is 46.6 Å². The number of anilines is 2. The van der Waals surface area contributed by atoms with Crippen molar-refractivity contribution in [3.8, 4) is 11.8 Å². The highest BCUT2D eigenvalue weighted by Crippen LogP contribution is 2.66. The Morgan fingerprint density at radius 2 is 1.60 bits per heavy atom. The van der Waals surface area contributed by atoms with Crippen LogP contribution in [0, 0.1) is 23.6 Å². The summed E-state index contributed by atoms with van der Waals surface area (Å²) in [5, 5.41) is 8.82. The minimum Gasteiger partial charge on any atom is -0.339 e. The Balaban J connectivity index is 0.846. The van der Waals surface area contributed by atoms with Crippen LogP contribution in [0.4, 0.5) is 15.8 Å². The second-order valence-electron chi connectivity index (χ2n) is 18.5. The molecule has 1 saturated carbocycles. The molecule has 67 heavy (non-hydrogen) atoms. The first-order valence-corrected chi connectivity index (χ1v) is 23.5. The monoisotopic (exact) mass is 943 g/mol. The number of likely N-dealkylation sites (tertiary alicyclic amines) is 2. The van der Waals surface area contributed by atoms with Crippen molar-refractivity contribution in [2.24, 2.45) is 13.0 Å². The van der Waals surface area contributed by atoms with Crippen molar-refractivity contribution < 1.29 is 28.4 Å². The number of halogens is 3. The van der Waals surface area contributed by atoms with Gasteiger partial charge in [-0.05, 0) is 111 Å². The van der Waals surface area contributed by atoms with Gasteiger partial charge in [0.1, 0.15) is 17.3 Å². The first-order valence-electron chi connectivity index (χ1n) is 22.8. The molecule has 4 aromatic carbocycles. The average molecular weight is 945 g/mol. The SMILES string of the molecule is CN1[C@@H](C(=O)Nc2ccc(C(=O)N3CCC(C#Cc4ccc5c(c4)n(C)c(=O)n5C4CCC(=O)NC4=O)CC3)cc2)[C@H](c2cccc(Cl)c2F)[C@]2(C(=O)Nc3cc(Cl)ccc32)C12CCCCC2. The Bertz CT molecular complexity index is 3030. The van der Waals surface area contributed by atoms with E-state index in [2.05, 4.69) is 27.8 Å². The van der Waals surface area contributed by atoms with Crippen molar-refractivity contribution in [1.82, 2.24) is 24.3 Å². The number of piperidine rings is 2. The number of aromatic nitrogens is 2. The topological polar surface area (TPSA) is 155 Å². The van der Waals surface area contributed by atoms with Gasteiger partial charge in [-0.1, -0.05) is 72.5 Å². The summed E-state index contributed by atoms with van der Waals surface area (Å²) < 4.78 is 19.4. The average Bonchev–Trinajstić information content (AvgIpc) is 3.84. The lowest BCUT2D eigenvalue weighted by Crippen LogP contribution is -2.60. The Morgan fingerprint density at radius 3 is 2.33 bits per heavy atom. The Hall–Kier alpha value is -6.27. The van der Waals surface area contributed by atoms with Crippen LogP contribution in [0.2, 0.25) is 10.0 Å². The number of rotatable bonds is 5. The van der Waals surface area contributed by atoms with Crippen LogP contribution in [0.15, 0.2) is 83.7 Å². The molecule has 16 heteroatoms. The van der Waals surface area contributed by atoms with Crippen LogP contribution >= 0.6 is 23.2 Å². The van der Waals surface area contributed by atoms with Crippen LogP contribution in [-0.4, -0.2) is 80.2 Å². The zero-order valence-electron chi connectivity index (χ0n) is 37.0. The van der Waals surface area contributed by atoms with Crippen LogP contribution in [0.1, 0.15) is 96.8 Å². The third-order valence-corrected chi connectivity index (χ3v) is 15.6. The molecule has 1 aromatic heterocycles. The molecular weight excluding hydrogens is 897 g/mol. The molecule has 5 aromatic rings. The van der Waals surface area contributed by atoms with Gasteiger partial charge < -0.3 is 15.5 Å². The zero-order chi connectivity index (χ0) is 46.9. The Morgan fingerprint density at radius 1 is 0.851 bits per heavy atom. The second-order valence-corrected chi connectivity index (χ2v) is 19.3. The van der Waals surface area contributed by atoms with E-state index in [1.807, 2.05) is 30.1 Å². The molecule has 344 valence electrons. The van der Waals surface area contributed by atoms with Gasteiger partial charge in [-0.3, -0.25) is 43.3 Å². The Kier molecular flexibility index (Phi) is 11.4. The smallest absolute Gasteiger partial charge is 0.329 e. The van der Waals surface area contributed by atoms with E-state index in [0.717, 1.165) is 19.3 Å². The summed E-state index contributed by atoms with van der Waals surface area (Å²) in [5.41, 5.74) is 1.72. The van der Waals surface area contributed by atoms with Gasteiger partial charge in [0.05, 0.1) is 22.1 Å². The van der Waals surface area contributed by atoms with Gasteiger partial charge in [-0.15, -0.1) is 0 Å². The number of nitrogens with zero attached hydrogens (tertiary/aromatic N) is 4. The van der Waals surface area contributed by atoms with E-state index in [0.29, 0.717) is 82.9 Å². The lowest BCUT2D eigenvalue weighted by atomic mass is 9.55. The highest BCUT2D eigenvalue weighted by molar-refractivity contribution is 6.31. The summed E-state index contributed by atoms with van der Waals surface area (Å²) in [6.45, 7) is 1.00. The van der Waals surface area contributed by atoms with Crippen LogP contribution in [-0.2, 0) is 31.6 Å². The van der Waals surface area contributed by atoms with E-state index >= 15 is 4.39 Å². The maximum atomic E-state index is 16.4. The van der Waals surface area contributed by atoms with Crippen molar-refractivity contribution in [3.63, 3.8) is 0 Å². The lowest BCUT2D eigenvalue weighted by Gasteiger charge is -2.49. The molecule has 5 amide bonds. The van der Waals surface area contributed by atoms with Gasteiger partial charge in [0.25, 0.3) is 5.91 Å². The van der Waals surface area contributed by atoms with Crippen molar-refractivity contribution in [1.29, 1.82) is 0 Å². The van der Waals surface area contributed by atoms with Gasteiger partial charge in [-0.25, -0.2) is 9.18 Å². The third kappa shape index (κ3) is 7.16. The zero-order valence-corrected chi connectivity index (χ0v) is 38.5. The Labute approximate surface area is 396 Å². The molecule has 0 radical (unpaired) electrons. The number of likely N-dealkylation sites (N-methyl/N-ethyl adjacent to an activating group) is 1. The van der Waals surface area contributed by atoms with Gasteiger partial charge in [0.2, 0.25) is 23.6 Å². The molecule has 0 bridgehead atoms. The molecule has 10 rings (SSSR count). The molecule has 1 unspecified atom stereocenters. The summed E-state index contributed by atoms with van der Waals surface area (Å²) >= 11 is 12.9. The molecule has 13 nitrogen and oxygen atoms in total. The normalized spacial score (nSPS) is 23.8. The number of imide groups is 1. The molecule has 3 N–H and O–H groups in total. The maximum absolute atomic E-state index is 16.4. The fourth-order valence-electron chi connectivity index (χ4n) is 11.9. The van der Waals surface area contributed by atoms with Crippen molar-refractivity contribution in [3.05, 3.63) is 127 Å². The van der Waals surface area contributed by atoms with Gasteiger partial charge >= 0.3 is 5.69 Å². The highest BCUT2D eigenvalue weighted by Gasteiger charge is 2.74. The largest absolute Gasteiger partial charge is 0.339 e. The summed E-state index contributed by atoms with van der Waals surface area (Å²) in [4.78, 5) is 84.8. The molecule has 3 saturated heterocycles. The van der Waals surface area contributed by atoms with Crippen molar-refractivity contribution >= 4 is 75.1 Å². The predicted molar refractivity (Wildman–Crippen MR) is 252 cm³/mol. The third-order valence-electron chi connectivity index (χ3n) is 15.1. The molecular formula is C51H48Cl2FN7O6. The fraction of sp³-hybridized carbons (Fsp3) is 0.373. The minimum absolute atomic E-state index is 0.0423. The van der Waals surface area contributed by atoms with E-state index in [1.54, 1.807) is 66.5 Å². The molecule has 4 fully saturated rings. The number of imidazole rings is 1. The standard InChI is InChI=1S/C51H48Cl2FN7O6/c1-58-40-27-30(11-18-38(40)61(49(58)67)39-19-20-41(62)57-45(39)63)10-9-29-21-25-60(26-22-29)47(65)31-12-15-33(16-13-31)55-46(64)44-42(34-7-6-8-36(53)43(34)54)51(50(59(44)2)23-4-3-5-24-50)35-17-14-32(52)28-37(35)56-48(51)66/h6-8,11-18,27-29,39,42,44H,3-5,19-26H2,1-2H3,(H,55,64)(H,56,66)(H,57,62,63)/t39?,42-,44+,51+/m0/s1. The molecule has 4 atom stereocenters. The predicted octanol–water partition coefficient (Wildman–Crippen LogP) is 7.30. The van der Waals surface area contributed by atoms with Gasteiger partial charge in [0.15, 0.2) is 0 Å². The number of fused-ring (bicyclic) bond motifs is 4. The number of carbonyl (C=O) groups excluding carboxylic acids is 5. The first kappa shape index (κ1) is 44.6. The van der Waals surface area contributed by atoms with Crippen LogP contribution in [0.3, 0.4) is 0 Å². The first-order chi connectivity index (χ1) is 32.2. The summed E-state index contributed by atoms with van der Waals surface area (Å²) in [6.07, 6.45) is 5.62. The van der Waals surface area contributed by atoms with Crippen molar-refractivity contribution in [2.75, 3.05) is 30.8 Å². The molecule has 4 aliphatic heterocycles. The highest BCUT2D eigenvalue weighted by atomic mass is 35.5. The summed E-state index contributed by atoms with van der Waals surface area (Å²) in [6, 6.07) is 20.4. The minimum atomic E-state index is -1.35. The number of hydrogen-bond donors (Lipinski definition) is 3. The maximum Gasteiger partial charge on any atom is 0.329 e. The van der Waals surface area contributed by atoms with Crippen LogP contribution in [0.5, 0.6) is 0 Å². The molecule has 5 heterocycles. The van der Waals surface area contributed by atoms with Gasteiger partial charge in [0, 0.05) is 71.5 Å². The molecule has 1 aliphatic carbocycles. The molecule has 2 spiro atoms.